The van der Waals surface area contributed by atoms with E-state index in [9.17, 15) is 0 Å². The summed E-state index contributed by atoms with van der Waals surface area (Å²) in [6.07, 6.45) is 10.8. The minimum absolute atomic E-state index is 0.624. The van der Waals surface area contributed by atoms with Crippen LogP contribution in [0.15, 0.2) is 6.20 Å². The largest absolute Gasteiger partial charge is 0.354 e. The third kappa shape index (κ3) is 3.25. The second kappa shape index (κ2) is 6.82. The zero-order chi connectivity index (χ0) is 14.7. The maximum atomic E-state index is 6.39. The lowest BCUT2D eigenvalue weighted by atomic mass is 9.96. The van der Waals surface area contributed by atoms with Crippen molar-refractivity contribution in [1.82, 2.24) is 9.97 Å². The van der Waals surface area contributed by atoms with E-state index in [1.54, 1.807) is 6.20 Å². The summed E-state index contributed by atoms with van der Waals surface area (Å²) in [5, 5.41) is 3.94. The Morgan fingerprint density at radius 2 is 2.10 bits per heavy atom. The molecule has 1 aromatic rings. The predicted molar refractivity (Wildman–Crippen MR) is 88.1 cm³/mol. The molecule has 1 saturated heterocycles. The Balaban J connectivity index is 1.80. The smallest absolute Gasteiger partial charge is 0.224 e. The SMILES string of the molecule is CCCNc1ncc(Cl)c(N2CCCC2C2CCCC2)n1. The molecule has 0 amide bonds. The highest BCUT2D eigenvalue weighted by Gasteiger charge is 2.35. The Hall–Kier alpha value is -1.03. The lowest BCUT2D eigenvalue weighted by molar-refractivity contribution is 0.429. The molecule has 1 atom stereocenters. The number of aromatic nitrogens is 2. The molecule has 116 valence electrons. The van der Waals surface area contributed by atoms with Crippen LogP contribution in [0.25, 0.3) is 0 Å². The van der Waals surface area contributed by atoms with Crippen LogP contribution in [-0.4, -0.2) is 29.1 Å². The second-order valence-electron chi connectivity index (χ2n) is 6.24. The topological polar surface area (TPSA) is 41.1 Å². The van der Waals surface area contributed by atoms with Gasteiger partial charge in [0.15, 0.2) is 5.82 Å². The average molecular weight is 309 g/mol. The van der Waals surface area contributed by atoms with Gasteiger partial charge < -0.3 is 10.2 Å². The van der Waals surface area contributed by atoms with Crippen molar-refractivity contribution in [3.8, 4) is 0 Å². The second-order valence-corrected chi connectivity index (χ2v) is 6.65. The molecular weight excluding hydrogens is 284 g/mol. The van der Waals surface area contributed by atoms with Gasteiger partial charge in [0.25, 0.3) is 0 Å². The summed E-state index contributed by atoms with van der Waals surface area (Å²) >= 11 is 6.39. The van der Waals surface area contributed by atoms with Gasteiger partial charge in [-0.2, -0.15) is 4.98 Å². The highest BCUT2D eigenvalue weighted by Crippen LogP contribution is 2.39. The first-order valence-electron chi connectivity index (χ1n) is 8.32. The minimum atomic E-state index is 0.624. The standard InChI is InChI=1S/C16H25ClN4/c1-2-9-18-16-19-11-13(17)15(20-16)21-10-5-8-14(21)12-6-3-4-7-12/h11-12,14H,2-10H2,1H3,(H,18,19,20). The number of halogens is 1. The van der Waals surface area contributed by atoms with Crippen LogP contribution in [0.4, 0.5) is 11.8 Å². The summed E-state index contributed by atoms with van der Waals surface area (Å²) in [5.41, 5.74) is 0. The Morgan fingerprint density at radius 1 is 1.29 bits per heavy atom. The van der Waals surface area contributed by atoms with Gasteiger partial charge in [-0.1, -0.05) is 31.4 Å². The van der Waals surface area contributed by atoms with E-state index in [1.807, 2.05) is 0 Å². The van der Waals surface area contributed by atoms with E-state index in [0.717, 1.165) is 31.2 Å². The number of rotatable bonds is 5. The van der Waals surface area contributed by atoms with Gasteiger partial charge in [-0.15, -0.1) is 0 Å². The fraction of sp³-hybridized carbons (Fsp3) is 0.750. The Morgan fingerprint density at radius 3 is 2.86 bits per heavy atom. The molecular formula is C16H25ClN4. The van der Waals surface area contributed by atoms with Crippen LogP contribution in [0.2, 0.25) is 5.02 Å². The molecule has 2 fully saturated rings. The van der Waals surface area contributed by atoms with Gasteiger partial charge in [0, 0.05) is 19.1 Å². The van der Waals surface area contributed by atoms with Crippen molar-refractivity contribution in [2.75, 3.05) is 23.3 Å². The first-order valence-corrected chi connectivity index (χ1v) is 8.70. The van der Waals surface area contributed by atoms with E-state index in [2.05, 4.69) is 27.1 Å². The van der Waals surface area contributed by atoms with Crippen molar-refractivity contribution < 1.29 is 0 Å². The summed E-state index contributed by atoms with van der Waals surface area (Å²) in [5.74, 6) is 2.46. The van der Waals surface area contributed by atoms with Gasteiger partial charge in [0.05, 0.1) is 6.20 Å². The lowest BCUT2D eigenvalue weighted by Crippen LogP contribution is -2.35. The molecule has 1 aromatic heterocycles. The van der Waals surface area contributed by atoms with E-state index in [-0.39, 0.29) is 0 Å². The molecule has 0 spiro atoms. The molecule has 0 bridgehead atoms. The monoisotopic (exact) mass is 308 g/mol. The predicted octanol–water partition coefficient (Wildman–Crippen LogP) is 4.11. The van der Waals surface area contributed by atoms with Gasteiger partial charge in [0.2, 0.25) is 5.95 Å². The highest BCUT2D eigenvalue weighted by atomic mass is 35.5. The van der Waals surface area contributed by atoms with E-state index in [1.165, 1.54) is 38.5 Å². The third-order valence-corrected chi connectivity index (χ3v) is 5.04. The van der Waals surface area contributed by atoms with Crippen LogP contribution in [0.1, 0.15) is 51.9 Å². The van der Waals surface area contributed by atoms with Crippen LogP contribution in [0.5, 0.6) is 0 Å². The third-order valence-electron chi connectivity index (χ3n) is 4.77. The highest BCUT2D eigenvalue weighted by molar-refractivity contribution is 6.32. The summed E-state index contributed by atoms with van der Waals surface area (Å²) in [6.45, 7) is 4.11. The fourth-order valence-electron chi connectivity index (χ4n) is 3.77. The first-order chi connectivity index (χ1) is 10.3. The van der Waals surface area contributed by atoms with Crippen molar-refractivity contribution in [1.29, 1.82) is 0 Å². The number of anilines is 2. The van der Waals surface area contributed by atoms with Crippen molar-refractivity contribution >= 4 is 23.4 Å². The molecule has 0 aromatic carbocycles. The van der Waals surface area contributed by atoms with Gasteiger partial charge in [-0.05, 0) is 38.0 Å². The molecule has 5 heteroatoms. The minimum Gasteiger partial charge on any atom is -0.354 e. The molecule has 3 rings (SSSR count). The molecule has 1 unspecified atom stereocenters. The molecule has 1 N–H and O–H groups in total. The van der Waals surface area contributed by atoms with Crippen LogP contribution in [-0.2, 0) is 0 Å². The molecule has 2 heterocycles. The van der Waals surface area contributed by atoms with E-state index >= 15 is 0 Å². The first kappa shape index (κ1) is 14.9. The average Bonchev–Trinajstić information content (AvgIpc) is 3.16. The summed E-state index contributed by atoms with van der Waals surface area (Å²) in [7, 11) is 0. The van der Waals surface area contributed by atoms with E-state index < -0.39 is 0 Å². The van der Waals surface area contributed by atoms with Crippen molar-refractivity contribution in [3.05, 3.63) is 11.2 Å². The van der Waals surface area contributed by atoms with Crippen LogP contribution < -0.4 is 10.2 Å². The normalized spacial score (nSPS) is 23.0. The zero-order valence-corrected chi connectivity index (χ0v) is 13.6. The molecule has 2 aliphatic rings. The van der Waals surface area contributed by atoms with Crippen LogP contribution >= 0.6 is 11.6 Å². The Bertz CT molecular complexity index is 473. The van der Waals surface area contributed by atoms with Gasteiger partial charge in [-0.3, -0.25) is 0 Å². The van der Waals surface area contributed by atoms with Crippen molar-refractivity contribution in [2.24, 2.45) is 5.92 Å². The molecule has 1 aliphatic carbocycles. The lowest BCUT2D eigenvalue weighted by Gasteiger charge is -2.31. The van der Waals surface area contributed by atoms with Crippen molar-refractivity contribution in [2.45, 2.75) is 57.9 Å². The molecule has 0 radical (unpaired) electrons. The van der Waals surface area contributed by atoms with Crippen LogP contribution in [0.3, 0.4) is 0 Å². The summed E-state index contributed by atoms with van der Waals surface area (Å²) < 4.78 is 0. The summed E-state index contributed by atoms with van der Waals surface area (Å²) in [6, 6.07) is 0.624. The summed E-state index contributed by atoms with van der Waals surface area (Å²) in [4.78, 5) is 11.4. The maximum absolute atomic E-state index is 6.39. The maximum Gasteiger partial charge on any atom is 0.224 e. The molecule has 1 aliphatic heterocycles. The van der Waals surface area contributed by atoms with Crippen LogP contribution in [0, 0.1) is 5.92 Å². The number of nitrogens with one attached hydrogen (secondary N) is 1. The number of hydrogen-bond acceptors (Lipinski definition) is 4. The molecule has 4 nitrogen and oxygen atoms in total. The molecule has 1 saturated carbocycles. The Kier molecular flexibility index (Phi) is 4.84. The zero-order valence-electron chi connectivity index (χ0n) is 12.8. The van der Waals surface area contributed by atoms with E-state index in [0.29, 0.717) is 17.0 Å². The number of nitrogens with zero attached hydrogens (tertiary/aromatic N) is 3. The van der Waals surface area contributed by atoms with Gasteiger partial charge in [0.1, 0.15) is 5.02 Å². The van der Waals surface area contributed by atoms with Gasteiger partial charge >= 0.3 is 0 Å². The number of hydrogen-bond donors (Lipinski definition) is 1. The Labute approximate surface area is 132 Å². The van der Waals surface area contributed by atoms with E-state index in [4.69, 9.17) is 11.6 Å². The van der Waals surface area contributed by atoms with Gasteiger partial charge in [-0.25, -0.2) is 4.98 Å². The molecule has 21 heavy (non-hydrogen) atoms. The fourth-order valence-corrected chi connectivity index (χ4v) is 3.97. The van der Waals surface area contributed by atoms with Crippen molar-refractivity contribution in [3.63, 3.8) is 0 Å². The quantitative estimate of drug-likeness (QED) is 0.888.